The van der Waals surface area contributed by atoms with E-state index < -0.39 is 0 Å². The fourth-order valence-electron chi connectivity index (χ4n) is 2.74. The van der Waals surface area contributed by atoms with Gasteiger partial charge in [0.25, 0.3) is 5.56 Å². The Morgan fingerprint density at radius 3 is 2.61 bits per heavy atom. The molecule has 0 radical (unpaired) electrons. The highest BCUT2D eigenvalue weighted by Gasteiger charge is 2.15. The highest BCUT2D eigenvalue weighted by Crippen LogP contribution is 2.23. The first-order chi connectivity index (χ1) is 11.3. The molecule has 2 aromatic carbocycles. The summed E-state index contributed by atoms with van der Waals surface area (Å²) in [6, 6.07) is 15.0. The van der Waals surface area contributed by atoms with E-state index in [4.69, 9.17) is 9.72 Å². The lowest BCUT2D eigenvalue weighted by Crippen LogP contribution is -2.24. The minimum absolute atomic E-state index is 0.0498. The van der Waals surface area contributed by atoms with E-state index in [9.17, 15) is 4.79 Å². The van der Waals surface area contributed by atoms with Crippen molar-refractivity contribution >= 4 is 10.9 Å². The van der Waals surface area contributed by atoms with Crippen LogP contribution in [0.1, 0.15) is 25.6 Å². The molecular formula is C19H20N2O2. The third-order valence-electron chi connectivity index (χ3n) is 3.93. The number of methoxy groups -OCH3 is 1. The Kier molecular flexibility index (Phi) is 4.42. The Balaban J connectivity index is 2.32. The number of benzene rings is 2. The fourth-order valence-corrected chi connectivity index (χ4v) is 2.74. The van der Waals surface area contributed by atoms with E-state index in [-0.39, 0.29) is 5.56 Å². The Bertz CT molecular complexity index is 884. The lowest BCUT2D eigenvalue weighted by Gasteiger charge is -2.16. The third-order valence-corrected chi connectivity index (χ3v) is 3.93. The van der Waals surface area contributed by atoms with Crippen molar-refractivity contribution in [3.05, 3.63) is 64.7 Å². The van der Waals surface area contributed by atoms with Gasteiger partial charge in [0.15, 0.2) is 0 Å². The molecule has 0 fully saturated rings. The van der Waals surface area contributed by atoms with Gasteiger partial charge in [-0.1, -0.05) is 37.6 Å². The number of hydrogen-bond donors (Lipinski definition) is 0. The van der Waals surface area contributed by atoms with Gasteiger partial charge < -0.3 is 4.74 Å². The normalized spacial score (nSPS) is 10.9. The van der Waals surface area contributed by atoms with Crippen molar-refractivity contribution in [1.29, 1.82) is 0 Å². The van der Waals surface area contributed by atoms with Crippen LogP contribution in [0.2, 0.25) is 0 Å². The lowest BCUT2D eigenvalue weighted by molar-refractivity contribution is 0.412. The molecule has 0 aliphatic carbocycles. The molecule has 4 heteroatoms. The summed E-state index contributed by atoms with van der Waals surface area (Å²) in [5.74, 6) is 1.45. The number of aryl methyl sites for hydroxylation is 1. The smallest absolute Gasteiger partial charge is 0.266 e. The molecule has 3 rings (SSSR count). The molecule has 23 heavy (non-hydrogen) atoms. The highest BCUT2D eigenvalue weighted by molar-refractivity contribution is 5.78. The summed E-state index contributed by atoms with van der Waals surface area (Å²) in [6.45, 7) is 2.13. The van der Waals surface area contributed by atoms with Crippen molar-refractivity contribution in [3.63, 3.8) is 0 Å². The molecule has 0 spiro atoms. The average Bonchev–Trinajstić information content (AvgIpc) is 2.60. The molecule has 0 unspecified atom stereocenters. The zero-order chi connectivity index (χ0) is 16.2. The Morgan fingerprint density at radius 1 is 1.09 bits per heavy atom. The molecule has 0 bridgehead atoms. The number of unbranched alkanes of at least 4 members (excludes halogenated alkanes) is 1. The maximum atomic E-state index is 13.0. The SMILES string of the molecule is CCCCc1nc2ccccc2c(=O)n1-c1ccccc1OC. The van der Waals surface area contributed by atoms with Crippen molar-refractivity contribution in [2.75, 3.05) is 7.11 Å². The van der Waals surface area contributed by atoms with Gasteiger partial charge in [-0.15, -0.1) is 0 Å². The zero-order valence-corrected chi connectivity index (χ0v) is 13.5. The zero-order valence-electron chi connectivity index (χ0n) is 13.5. The predicted molar refractivity (Wildman–Crippen MR) is 92.5 cm³/mol. The van der Waals surface area contributed by atoms with E-state index in [1.54, 1.807) is 11.7 Å². The maximum Gasteiger partial charge on any atom is 0.266 e. The standard InChI is InChI=1S/C19H20N2O2/c1-3-4-13-18-20-15-10-6-5-9-14(15)19(22)21(18)16-11-7-8-12-17(16)23-2/h5-12H,3-4,13H2,1-2H3. The van der Waals surface area contributed by atoms with E-state index in [2.05, 4.69) is 6.92 Å². The number of para-hydroxylation sites is 3. The van der Waals surface area contributed by atoms with Crippen LogP contribution in [0.4, 0.5) is 0 Å². The number of fused-ring (bicyclic) bond motifs is 1. The second kappa shape index (κ2) is 6.65. The first-order valence-electron chi connectivity index (χ1n) is 7.90. The molecule has 0 N–H and O–H groups in total. The second-order valence-corrected chi connectivity index (χ2v) is 5.46. The van der Waals surface area contributed by atoms with Crippen LogP contribution < -0.4 is 10.3 Å². The van der Waals surface area contributed by atoms with Gasteiger partial charge in [-0.3, -0.25) is 9.36 Å². The van der Waals surface area contributed by atoms with Crippen LogP contribution in [0.25, 0.3) is 16.6 Å². The van der Waals surface area contributed by atoms with E-state index in [0.717, 1.165) is 36.3 Å². The van der Waals surface area contributed by atoms with Crippen molar-refractivity contribution in [2.24, 2.45) is 0 Å². The molecule has 0 amide bonds. The monoisotopic (exact) mass is 308 g/mol. The number of aromatic nitrogens is 2. The largest absolute Gasteiger partial charge is 0.495 e. The van der Waals surface area contributed by atoms with Crippen LogP contribution in [0.5, 0.6) is 5.75 Å². The summed E-state index contributed by atoms with van der Waals surface area (Å²) >= 11 is 0. The van der Waals surface area contributed by atoms with Crippen LogP contribution in [0.3, 0.4) is 0 Å². The molecule has 3 aromatic rings. The summed E-state index contributed by atoms with van der Waals surface area (Å²) in [7, 11) is 1.62. The van der Waals surface area contributed by atoms with Crippen molar-refractivity contribution in [3.8, 4) is 11.4 Å². The van der Waals surface area contributed by atoms with Gasteiger partial charge in [-0.05, 0) is 30.7 Å². The number of ether oxygens (including phenoxy) is 1. The minimum atomic E-state index is -0.0498. The molecule has 0 aliphatic rings. The maximum absolute atomic E-state index is 13.0. The summed E-state index contributed by atoms with van der Waals surface area (Å²) < 4.78 is 7.13. The third kappa shape index (κ3) is 2.84. The Morgan fingerprint density at radius 2 is 1.83 bits per heavy atom. The Labute approximate surface area is 135 Å². The number of hydrogen-bond acceptors (Lipinski definition) is 3. The van der Waals surface area contributed by atoms with Crippen molar-refractivity contribution in [2.45, 2.75) is 26.2 Å². The van der Waals surface area contributed by atoms with Gasteiger partial charge in [0.2, 0.25) is 0 Å². The van der Waals surface area contributed by atoms with Gasteiger partial charge in [-0.25, -0.2) is 4.98 Å². The van der Waals surface area contributed by atoms with E-state index in [1.807, 2.05) is 48.5 Å². The minimum Gasteiger partial charge on any atom is -0.495 e. The van der Waals surface area contributed by atoms with Gasteiger partial charge in [0.05, 0.1) is 23.7 Å². The van der Waals surface area contributed by atoms with Crippen LogP contribution in [-0.2, 0) is 6.42 Å². The quantitative estimate of drug-likeness (QED) is 0.721. The summed E-state index contributed by atoms with van der Waals surface area (Å²) in [5, 5.41) is 0.624. The molecule has 0 saturated carbocycles. The van der Waals surface area contributed by atoms with Crippen LogP contribution >= 0.6 is 0 Å². The van der Waals surface area contributed by atoms with E-state index >= 15 is 0 Å². The topological polar surface area (TPSA) is 44.1 Å². The molecule has 0 saturated heterocycles. The molecule has 118 valence electrons. The Hall–Kier alpha value is -2.62. The van der Waals surface area contributed by atoms with Gasteiger partial charge in [-0.2, -0.15) is 0 Å². The number of nitrogens with zero attached hydrogens (tertiary/aromatic N) is 2. The van der Waals surface area contributed by atoms with Crippen LogP contribution in [0.15, 0.2) is 53.3 Å². The predicted octanol–water partition coefficient (Wildman–Crippen LogP) is 3.74. The first kappa shape index (κ1) is 15.3. The summed E-state index contributed by atoms with van der Waals surface area (Å²) in [5.41, 5.74) is 1.44. The molecular weight excluding hydrogens is 288 g/mol. The lowest BCUT2D eigenvalue weighted by atomic mass is 10.2. The average molecular weight is 308 g/mol. The number of rotatable bonds is 5. The van der Waals surface area contributed by atoms with Gasteiger partial charge in [0.1, 0.15) is 11.6 Å². The van der Waals surface area contributed by atoms with E-state index in [1.165, 1.54) is 0 Å². The second-order valence-electron chi connectivity index (χ2n) is 5.46. The summed E-state index contributed by atoms with van der Waals surface area (Å²) in [6.07, 6.45) is 2.79. The van der Waals surface area contributed by atoms with Crippen LogP contribution in [0, 0.1) is 0 Å². The molecule has 4 nitrogen and oxygen atoms in total. The van der Waals surface area contributed by atoms with Crippen LogP contribution in [-0.4, -0.2) is 16.7 Å². The summed E-state index contributed by atoms with van der Waals surface area (Å²) in [4.78, 5) is 17.8. The highest BCUT2D eigenvalue weighted by atomic mass is 16.5. The molecule has 1 heterocycles. The fraction of sp³-hybridized carbons (Fsp3) is 0.263. The van der Waals surface area contributed by atoms with Crippen molar-refractivity contribution in [1.82, 2.24) is 9.55 Å². The van der Waals surface area contributed by atoms with Gasteiger partial charge in [0, 0.05) is 6.42 Å². The van der Waals surface area contributed by atoms with E-state index in [0.29, 0.717) is 11.1 Å². The van der Waals surface area contributed by atoms with Crippen molar-refractivity contribution < 1.29 is 4.74 Å². The molecule has 0 aliphatic heterocycles. The van der Waals surface area contributed by atoms with Gasteiger partial charge >= 0.3 is 0 Å². The molecule has 1 aromatic heterocycles. The molecule has 0 atom stereocenters. The first-order valence-corrected chi connectivity index (χ1v) is 7.90.